The quantitative estimate of drug-likeness (QED) is 0.322. The van der Waals surface area contributed by atoms with E-state index in [1.165, 1.54) is 17.8 Å². The van der Waals surface area contributed by atoms with E-state index in [0.29, 0.717) is 5.69 Å². The van der Waals surface area contributed by atoms with Gasteiger partial charge in [0.2, 0.25) is 0 Å². The SMILES string of the molecule is Cn1c(=O)c(C(N)=NOC(=O)c2ccccc2)cn(-c2ccccc2)c1=O. The van der Waals surface area contributed by atoms with Crippen molar-refractivity contribution in [3.05, 3.63) is 98.8 Å². The third kappa shape index (κ3) is 3.69. The van der Waals surface area contributed by atoms with Gasteiger partial charge in [0.25, 0.3) is 5.56 Å². The van der Waals surface area contributed by atoms with Crippen LogP contribution in [0.4, 0.5) is 0 Å². The Bertz CT molecular complexity index is 1120. The average molecular weight is 364 g/mol. The van der Waals surface area contributed by atoms with Gasteiger partial charge in [-0.3, -0.25) is 13.9 Å². The standard InChI is InChI=1S/C19H16N4O4/c1-22-17(24)15(12-23(19(22)26)14-10-6-3-7-11-14)16(20)21-27-18(25)13-8-4-2-5-9-13/h2-12H,1H3,(H2,20,21). The van der Waals surface area contributed by atoms with E-state index >= 15 is 0 Å². The number of carbonyl (C=O) groups is 1. The zero-order valence-corrected chi connectivity index (χ0v) is 14.4. The zero-order chi connectivity index (χ0) is 19.4. The summed E-state index contributed by atoms with van der Waals surface area (Å²) in [6, 6.07) is 16.9. The molecule has 0 atom stereocenters. The van der Waals surface area contributed by atoms with E-state index in [1.54, 1.807) is 60.7 Å². The fraction of sp³-hybridized carbons (Fsp3) is 0.0526. The molecular formula is C19H16N4O4. The summed E-state index contributed by atoms with van der Waals surface area (Å²) < 4.78 is 2.17. The Morgan fingerprint density at radius 3 is 2.22 bits per heavy atom. The largest absolute Gasteiger partial charge is 0.380 e. The van der Waals surface area contributed by atoms with Crippen LogP contribution in [-0.2, 0) is 11.9 Å². The zero-order valence-electron chi connectivity index (χ0n) is 14.4. The molecule has 0 radical (unpaired) electrons. The number of aromatic nitrogens is 2. The molecule has 27 heavy (non-hydrogen) atoms. The minimum Gasteiger partial charge on any atom is -0.380 e. The molecule has 1 heterocycles. The Balaban J connectivity index is 1.98. The van der Waals surface area contributed by atoms with Gasteiger partial charge in [-0.15, -0.1) is 0 Å². The summed E-state index contributed by atoms with van der Waals surface area (Å²) in [7, 11) is 1.33. The van der Waals surface area contributed by atoms with Crippen LogP contribution in [0.15, 0.2) is 81.6 Å². The Kier molecular flexibility index (Phi) is 4.98. The van der Waals surface area contributed by atoms with Gasteiger partial charge in [0.05, 0.1) is 11.3 Å². The number of oxime groups is 1. The van der Waals surface area contributed by atoms with Crippen LogP contribution in [0, 0.1) is 0 Å². The molecule has 0 saturated carbocycles. The first-order chi connectivity index (χ1) is 13.0. The smallest absolute Gasteiger partial charge is 0.365 e. The lowest BCUT2D eigenvalue weighted by atomic mass is 10.2. The van der Waals surface area contributed by atoms with Crippen molar-refractivity contribution in [1.29, 1.82) is 0 Å². The molecule has 0 spiro atoms. The molecule has 3 aromatic rings. The summed E-state index contributed by atoms with van der Waals surface area (Å²) in [5.74, 6) is -1.03. The highest BCUT2D eigenvalue weighted by Gasteiger charge is 2.14. The van der Waals surface area contributed by atoms with Gasteiger partial charge in [-0.05, 0) is 24.3 Å². The molecule has 0 saturated heterocycles. The van der Waals surface area contributed by atoms with Gasteiger partial charge in [-0.2, -0.15) is 0 Å². The molecule has 136 valence electrons. The lowest BCUT2D eigenvalue weighted by Gasteiger charge is -2.10. The Morgan fingerprint density at radius 1 is 1.00 bits per heavy atom. The van der Waals surface area contributed by atoms with Crippen molar-refractivity contribution in [2.45, 2.75) is 0 Å². The molecule has 0 fully saturated rings. The van der Waals surface area contributed by atoms with Crippen molar-refractivity contribution in [3.8, 4) is 5.69 Å². The number of hydrogen-bond donors (Lipinski definition) is 1. The van der Waals surface area contributed by atoms with E-state index in [1.807, 2.05) is 0 Å². The van der Waals surface area contributed by atoms with E-state index in [2.05, 4.69) is 5.16 Å². The normalized spacial score (nSPS) is 11.2. The maximum Gasteiger partial charge on any atom is 0.365 e. The van der Waals surface area contributed by atoms with E-state index < -0.39 is 17.2 Å². The maximum atomic E-state index is 12.4. The number of hydrogen-bond acceptors (Lipinski definition) is 5. The number of amidine groups is 1. The predicted molar refractivity (Wildman–Crippen MR) is 99.9 cm³/mol. The Labute approximate surface area is 153 Å². The summed E-state index contributed by atoms with van der Waals surface area (Å²) in [6.07, 6.45) is 1.27. The molecule has 0 unspecified atom stereocenters. The second-order valence-corrected chi connectivity index (χ2v) is 5.62. The highest BCUT2D eigenvalue weighted by Crippen LogP contribution is 2.05. The minimum atomic E-state index is -0.716. The number of rotatable bonds is 4. The van der Waals surface area contributed by atoms with Gasteiger partial charge >= 0.3 is 11.7 Å². The third-order valence-corrected chi connectivity index (χ3v) is 3.83. The van der Waals surface area contributed by atoms with Crippen molar-refractivity contribution in [2.24, 2.45) is 17.9 Å². The van der Waals surface area contributed by atoms with Crippen LogP contribution in [0.3, 0.4) is 0 Å². The summed E-state index contributed by atoms with van der Waals surface area (Å²) in [5.41, 5.74) is 5.42. The van der Waals surface area contributed by atoms with Gasteiger partial charge in [0, 0.05) is 13.2 Å². The number of carbonyl (C=O) groups excluding carboxylic acids is 1. The van der Waals surface area contributed by atoms with Crippen molar-refractivity contribution in [3.63, 3.8) is 0 Å². The second-order valence-electron chi connectivity index (χ2n) is 5.62. The number of benzene rings is 2. The summed E-state index contributed by atoms with van der Waals surface area (Å²) in [5, 5.41) is 3.55. The number of nitrogens with zero attached hydrogens (tertiary/aromatic N) is 3. The molecule has 0 aliphatic carbocycles. The number of para-hydroxylation sites is 1. The fourth-order valence-electron chi connectivity index (χ4n) is 2.38. The molecule has 2 N–H and O–H groups in total. The highest BCUT2D eigenvalue weighted by molar-refractivity contribution is 5.97. The van der Waals surface area contributed by atoms with Crippen LogP contribution in [0.1, 0.15) is 15.9 Å². The van der Waals surface area contributed by atoms with E-state index in [0.717, 1.165) is 4.57 Å². The monoisotopic (exact) mass is 364 g/mol. The van der Waals surface area contributed by atoms with E-state index in [-0.39, 0.29) is 17.0 Å². The molecule has 3 rings (SSSR count). The van der Waals surface area contributed by atoms with Gasteiger partial charge in [0.15, 0.2) is 5.84 Å². The Morgan fingerprint density at radius 2 is 1.59 bits per heavy atom. The minimum absolute atomic E-state index is 0.0678. The van der Waals surface area contributed by atoms with Crippen molar-refractivity contribution in [1.82, 2.24) is 9.13 Å². The Hall–Kier alpha value is -3.94. The van der Waals surface area contributed by atoms with E-state index in [4.69, 9.17) is 10.6 Å². The van der Waals surface area contributed by atoms with Gasteiger partial charge < -0.3 is 10.6 Å². The van der Waals surface area contributed by atoms with Crippen LogP contribution < -0.4 is 17.0 Å². The molecule has 2 aromatic carbocycles. The van der Waals surface area contributed by atoms with Crippen molar-refractivity contribution in [2.75, 3.05) is 0 Å². The second kappa shape index (κ2) is 7.52. The predicted octanol–water partition coefficient (Wildman–Crippen LogP) is 1.01. The first kappa shape index (κ1) is 17.9. The maximum absolute atomic E-state index is 12.4. The van der Waals surface area contributed by atoms with Gasteiger partial charge in [-0.25, -0.2) is 9.59 Å². The molecule has 8 heteroatoms. The van der Waals surface area contributed by atoms with Crippen LogP contribution in [0.2, 0.25) is 0 Å². The molecule has 0 aliphatic rings. The summed E-state index contributed by atoms with van der Waals surface area (Å²) >= 11 is 0. The molecule has 1 aromatic heterocycles. The van der Waals surface area contributed by atoms with E-state index in [9.17, 15) is 14.4 Å². The average Bonchev–Trinajstić information content (AvgIpc) is 2.71. The first-order valence-corrected chi connectivity index (χ1v) is 7.97. The van der Waals surface area contributed by atoms with Crippen molar-refractivity contribution < 1.29 is 9.63 Å². The number of nitrogens with two attached hydrogens (primary N) is 1. The molecule has 0 bridgehead atoms. The van der Waals surface area contributed by atoms with Crippen LogP contribution in [0.5, 0.6) is 0 Å². The highest BCUT2D eigenvalue weighted by atomic mass is 16.7. The third-order valence-electron chi connectivity index (χ3n) is 3.83. The topological polar surface area (TPSA) is 109 Å². The van der Waals surface area contributed by atoms with Gasteiger partial charge in [0.1, 0.15) is 5.56 Å². The molecule has 0 aliphatic heterocycles. The fourth-order valence-corrected chi connectivity index (χ4v) is 2.38. The summed E-state index contributed by atoms with van der Waals surface area (Å²) in [4.78, 5) is 41.5. The van der Waals surface area contributed by atoms with Crippen LogP contribution in [-0.4, -0.2) is 20.9 Å². The van der Waals surface area contributed by atoms with Crippen LogP contribution in [0.25, 0.3) is 5.69 Å². The molecular weight excluding hydrogens is 348 g/mol. The first-order valence-electron chi connectivity index (χ1n) is 7.97. The lowest BCUT2D eigenvalue weighted by Crippen LogP contribution is -2.41. The van der Waals surface area contributed by atoms with Crippen LogP contribution >= 0.6 is 0 Å². The van der Waals surface area contributed by atoms with Gasteiger partial charge in [-0.1, -0.05) is 41.6 Å². The van der Waals surface area contributed by atoms with Crippen molar-refractivity contribution >= 4 is 11.8 Å². The molecule has 8 nitrogen and oxygen atoms in total. The lowest BCUT2D eigenvalue weighted by molar-refractivity contribution is 0.0516. The molecule has 0 amide bonds. The summed E-state index contributed by atoms with van der Waals surface area (Å²) in [6.45, 7) is 0.